The summed E-state index contributed by atoms with van der Waals surface area (Å²) in [6.07, 6.45) is 2.30. The maximum absolute atomic E-state index is 10.7. The smallest absolute Gasteiger partial charge is 0.270 e. The van der Waals surface area contributed by atoms with Gasteiger partial charge in [0.25, 0.3) is 5.69 Å². The fraction of sp³-hybridized carbons (Fsp3) is 0.600. The quantitative estimate of drug-likeness (QED) is 0.417. The number of nitro groups is 1. The van der Waals surface area contributed by atoms with Gasteiger partial charge in [-0.2, -0.15) is 0 Å². The highest BCUT2D eigenvalue weighted by Gasteiger charge is 2.08. The minimum atomic E-state index is -0.382. The Labute approximate surface area is 135 Å². The first-order chi connectivity index (χ1) is 9.91. The van der Waals surface area contributed by atoms with Crippen molar-refractivity contribution >= 4 is 21.6 Å². The van der Waals surface area contributed by atoms with Crippen LogP contribution in [0.2, 0.25) is 0 Å². The number of hydrogen-bond donors (Lipinski definition) is 1. The molecule has 1 rings (SSSR count). The molecule has 0 saturated heterocycles. The van der Waals surface area contributed by atoms with E-state index in [1.165, 1.54) is 6.42 Å². The number of unbranched alkanes of at least 4 members (excludes halogenated alkanes) is 1. The van der Waals surface area contributed by atoms with Gasteiger partial charge in [0, 0.05) is 29.2 Å². The van der Waals surface area contributed by atoms with Crippen molar-refractivity contribution in [3.63, 3.8) is 0 Å². The maximum atomic E-state index is 10.7. The van der Waals surface area contributed by atoms with Crippen LogP contribution in [0.15, 0.2) is 22.7 Å². The first-order valence-corrected chi connectivity index (χ1v) is 8.05. The Morgan fingerprint density at radius 2 is 2.10 bits per heavy atom. The molecule has 0 fully saturated rings. The van der Waals surface area contributed by atoms with Gasteiger partial charge in [-0.1, -0.05) is 15.9 Å². The third-order valence-electron chi connectivity index (χ3n) is 3.56. The zero-order valence-corrected chi connectivity index (χ0v) is 14.5. The molecule has 21 heavy (non-hydrogen) atoms. The lowest BCUT2D eigenvalue weighted by atomic mass is 10.2. The van der Waals surface area contributed by atoms with E-state index in [2.05, 4.69) is 47.0 Å². The van der Waals surface area contributed by atoms with E-state index in [4.69, 9.17) is 0 Å². The fourth-order valence-electron chi connectivity index (χ4n) is 1.89. The Morgan fingerprint density at radius 1 is 1.38 bits per heavy atom. The van der Waals surface area contributed by atoms with Gasteiger partial charge < -0.3 is 10.2 Å². The Morgan fingerprint density at radius 3 is 2.67 bits per heavy atom. The highest BCUT2D eigenvalue weighted by molar-refractivity contribution is 9.10. The second-order valence-corrected chi connectivity index (χ2v) is 6.35. The second-order valence-electron chi connectivity index (χ2n) is 5.49. The lowest BCUT2D eigenvalue weighted by Crippen LogP contribution is -2.27. The van der Waals surface area contributed by atoms with Gasteiger partial charge in [0.2, 0.25) is 0 Å². The number of hydrogen-bond acceptors (Lipinski definition) is 4. The number of halogens is 1. The number of rotatable bonds is 9. The van der Waals surface area contributed by atoms with Crippen molar-refractivity contribution in [2.24, 2.45) is 0 Å². The molecule has 0 bridgehead atoms. The molecule has 118 valence electrons. The molecule has 5 nitrogen and oxygen atoms in total. The fourth-order valence-corrected chi connectivity index (χ4v) is 2.39. The van der Waals surface area contributed by atoms with Gasteiger partial charge in [0.15, 0.2) is 0 Å². The molecule has 0 saturated carbocycles. The third kappa shape index (κ3) is 6.54. The van der Waals surface area contributed by atoms with Crippen LogP contribution in [0.4, 0.5) is 5.69 Å². The molecular weight excluding hydrogens is 334 g/mol. The highest BCUT2D eigenvalue weighted by atomic mass is 79.9. The molecule has 0 heterocycles. The standard InChI is InChI=1S/C15H24BrN3O2/c1-12(2)18(3)9-5-4-8-17-11-13-6-7-14(19(20)21)10-15(13)16/h6-7,10,12,17H,4-5,8-9,11H2,1-3H3. The first-order valence-electron chi connectivity index (χ1n) is 7.25. The van der Waals surface area contributed by atoms with Crippen molar-refractivity contribution in [3.05, 3.63) is 38.3 Å². The van der Waals surface area contributed by atoms with Gasteiger partial charge in [-0.25, -0.2) is 0 Å². The Hall–Kier alpha value is -0.980. The van der Waals surface area contributed by atoms with Gasteiger partial charge in [-0.15, -0.1) is 0 Å². The van der Waals surface area contributed by atoms with Crippen LogP contribution in [0.5, 0.6) is 0 Å². The monoisotopic (exact) mass is 357 g/mol. The van der Waals surface area contributed by atoms with Crippen LogP contribution in [-0.4, -0.2) is 36.0 Å². The van der Waals surface area contributed by atoms with E-state index in [1.807, 2.05) is 0 Å². The zero-order valence-electron chi connectivity index (χ0n) is 12.9. The van der Waals surface area contributed by atoms with E-state index in [9.17, 15) is 10.1 Å². The molecule has 0 atom stereocenters. The van der Waals surface area contributed by atoms with Crippen LogP contribution in [-0.2, 0) is 6.54 Å². The number of non-ortho nitro benzene ring substituents is 1. The predicted molar refractivity (Wildman–Crippen MR) is 89.5 cm³/mol. The molecular formula is C15H24BrN3O2. The van der Waals surface area contributed by atoms with Crippen LogP contribution < -0.4 is 5.32 Å². The number of nitrogens with zero attached hydrogens (tertiary/aromatic N) is 2. The molecule has 0 aliphatic carbocycles. The largest absolute Gasteiger partial charge is 0.313 e. The number of nitro benzene ring substituents is 1. The summed E-state index contributed by atoms with van der Waals surface area (Å²) < 4.78 is 0.781. The van der Waals surface area contributed by atoms with Gasteiger partial charge in [-0.05, 0) is 58.5 Å². The molecule has 0 spiro atoms. The molecule has 0 unspecified atom stereocenters. The predicted octanol–water partition coefficient (Wildman–Crippen LogP) is 3.57. The maximum Gasteiger partial charge on any atom is 0.270 e. The Kier molecular flexibility index (Phi) is 7.85. The lowest BCUT2D eigenvalue weighted by molar-refractivity contribution is -0.384. The summed E-state index contributed by atoms with van der Waals surface area (Å²) in [5, 5.41) is 14.0. The summed E-state index contributed by atoms with van der Waals surface area (Å²) in [6.45, 7) is 7.18. The van der Waals surface area contributed by atoms with Crippen molar-refractivity contribution in [2.45, 2.75) is 39.3 Å². The van der Waals surface area contributed by atoms with E-state index in [1.54, 1.807) is 18.2 Å². The average Bonchev–Trinajstić information content (AvgIpc) is 2.43. The topological polar surface area (TPSA) is 58.4 Å². The van der Waals surface area contributed by atoms with E-state index < -0.39 is 0 Å². The van der Waals surface area contributed by atoms with Crippen molar-refractivity contribution in [3.8, 4) is 0 Å². The minimum Gasteiger partial charge on any atom is -0.313 e. The second kappa shape index (κ2) is 9.12. The van der Waals surface area contributed by atoms with Crippen LogP contribution in [0.25, 0.3) is 0 Å². The van der Waals surface area contributed by atoms with E-state index in [0.717, 1.165) is 36.1 Å². The Balaban J connectivity index is 2.26. The SMILES string of the molecule is CC(C)N(C)CCCCNCc1ccc([N+](=O)[O-])cc1Br. The molecule has 0 radical (unpaired) electrons. The van der Waals surface area contributed by atoms with Crippen LogP contribution in [0.3, 0.4) is 0 Å². The zero-order chi connectivity index (χ0) is 15.8. The highest BCUT2D eigenvalue weighted by Crippen LogP contribution is 2.22. The normalized spacial score (nSPS) is 11.3. The Bertz CT molecular complexity index is 466. The van der Waals surface area contributed by atoms with Crippen molar-refractivity contribution < 1.29 is 4.92 Å². The number of benzene rings is 1. The van der Waals surface area contributed by atoms with Crippen molar-refractivity contribution in [1.82, 2.24) is 10.2 Å². The minimum absolute atomic E-state index is 0.113. The molecule has 0 aliphatic rings. The van der Waals surface area contributed by atoms with Gasteiger partial charge in [0.1, 0.15) is 0 Å². The summed E-state index contributed by atoms with van der Waals surface area (Å²) in [5.74, 6) is 0. The van der Waals surface area contributed by atoms with E-state index in [-0.39, 0.29) is 10.6 Å². The number of nitrogens with one attached hydrogen (secondary N) is 1. The van der Waals surface area contributed by atoms with Crippen molar-refractivity contribution in [1.29, 1.82) is 0 Å². The molecule has 6 heteroatoms. The van der Waals surface area contributed by atoms with E-state index >= 15 is 0 Å². The van der Waals surface area contributed by atoms with Crippen LogP contribution in [0.1, 0.15) is 32.3 Å². The molecule has 0 aromatic heterocycles. The average molecular weight is 358 g/mol. The first kappa shape index (κ1) is 18.1. The molecule has 0 aliphatic heterocycles. The van der Waals surface area contributed by atoms with Crippen LogP contribution >= 0.6 is 15.9 Å². The summed E-state index contributed by atoms with van der Waals surface area (Å²) in [4.78, 5) is 12.6. The third-order valence-corrected chi connectivity index (χ3v) is 4.30. The summed E-state index contributed by atoms with van der Waals surface area (Å²) in [7, 11) is 2.14. The van der Waals surface area contributed by atoms with Gasteiger partial charge >= 0.3 is 0 Å². The summed E-state index contributed by atoms with van der Waals surface area (Å²) in [6, 6.07) is 5.48. The molecule has 1 N–H and O–H groups in total. The van der Waals surface area contributed by atoms with Gasteiger partial charge in [-0.3, -0.25) is 10.1 Å². The molecule has 1 aromatic carbocycles. The summed E-state index contributed by atoms with van der Waals surface area (Å²) >= 11 is 3.38. The van der Waals surface area contributed by atoms with Crippen molar-refractivity contribution in [2.75, 3.05) is 20.1 Å². The summed E-state index contributed by atoms with van der Waals surface area (Å²) in [5.41, 5.74) is 1.15. The van der Waals surface area contributed by atoms with Gasteiger partial charge in [0.05, 0.1) is 4.92 Å². The van der Waals surface area contributed by atoms with E-state index in [0.29, 0.717) is 6.04 Å². The lowest BCUT2D eigenvalue weighted by Gasteiger charge is -2.20. The molecule has 1 aromatic rings. The van der Waals surface area contributed by atoms with Crippen LogP contribution in [0, 0.1) is 10.1 Å². The molecule has 0 amide bonds.